The van der Waals surface area contributed by atoms with Crippen molar-refractivity contribution < 1.29 is 22.7 Å². The molecule has 1 amide bonds. The van der Waals surface area contributed by atoms with Crippen molar-refractivity contribution in [1.29, 1.82) is 0 Å². The van der Waals surface area contributed by atoms with Gasteiger partial charge in [-0.15, -0.1) is 13.2 Å². The Morgan fingerprint density at radius 2 is 2.00 bits per heavy atom. The van der Waals surface area contributed by atoms with Gasteiger partial charge in [0.2, 0.25) is 5.91 Å². The summed E-state index contributed by atoms with van der Waals surface area (Å²) in [7, 11) is 0. The van der Waals surface area contributed by atoms with Crippen molar-refractivity contribution in [3.63, 3.8) is 0 Å². The quantitative estimate of drug-likeness (QED) is 0.899. The van der Waals surface area contributed by atoms with Crippen molar-refractivity contribution in [2.75, 3.05) is 5.32 Å². The Morgan fingerprint density at radius 1 is 1.39 bits per heavy atom. The molecule has 1 aromatic rings. The van der Waals surface area contributed by atoms with E-state index in [1.807, 2.05) is 6.92 Å². The molecule has 0 heterocycles. The van der Waals surface area contributed by atoms with Gasteiger partial charge in [-0.2, -0.15) is 0 Å². The molecule has 1 atom stereocenters. The lowest BCUT2D eigenvalue weighted by atomic mass is 10.1. The van der Waals surface area contributed by atoms with Crippen LogP contribution in [0.5, 0.6) is 5.75 Å². The summed E-state index contributed by atoms with van der Waals surface area (Å²) in [4.78, 5) is 11.6. The van der Waals surface area contributed by atoms with Crippen LogP contribution in [0.3, 0.4) is 0 Å². The van der Waals surface area contributed by atoms with Gasteiger partial charge in [0.15, 0.2) is 5.75 Å². The highest BCUT2D eigenvalue weighted by molar-refractivity contribution is 5.93. The first-order valence-electron chi connectivity index (χ1n) is 5.49. The van der Waals surface area contributed by atoms with Crippen molar-refractivity contribution >= 4 is 11.6 Å². The van der Waals surface area contributed by atoms with Gasteiger partial charge in [-0.05, 0) is 18.6 Å². The molecule has 0 saturated carbocycles. The Hall–Kier alpha value is -1.72. The van der Waals surface area contributed by atoms with Crippen LogP contribution >= 0.6 is 0 Å². The third-order valence-corrected chi connectivity index (χ3v) is 2.43. The van der Waals surface area contributed by atoms with Gasteiger partial charge < -0.3 is 10.1 Å². The fraction of sp³-hybridized carbons (Fsp3) is 0.417. The van der Waals surface area contributed by atoms with E-state index in [1.54, 1.807) is 6.92 Å². The average molecular weight is 261 g/mol. The third-order valence-electron chi connectivity index (χ3n) is 2.43. The third kappa shape index (κ3) is 4.27. The lowest BCUT2D eigenvalue weighted by Gasteiger charge is -2.15. The van der Waals surface area contributed by atoms with Crippen molar-refractivity contribution in [3.05, 3.63) is 24.3 Å². The van der Waals surface area contributed by atoms with E-state index in [-0.39, 0.29) is 17.5 Å². The van der Waals surface area contributed by atoms with E-state index >= 15 is 0 Å². The number of rotatable bonds is 4. The molecule has 0 aliphatic carbocycles. The van der Waals surface area contributed by atoms with Crippen LogP contribution in [-0.2, 0) is 4.79 Å². The van der Waals surface area contributed by atoms with Crippen molar-refractivity contribution in [2.45, 2.75) is 26.6 Å². The molecule has 0 radical (unpaired) electrons. The molecule has 0 aliphatic heterocycles. The molecule has 0 aliphatic rings. The van der Waals surface area contributed by atoms with Crippen LogP contribution in [0.2, 0.25) is 0 Å². The number of hydrogen-bond donors (Lipinski definition) is 1. The summed E-state index contributed by atoms with van der Waals surface area (Å²) in [6, 6.07) is 5.44. The zero-order valence-electron chi connectivity index (χ0n) is 10.0. The van der Waals surface area contributed by atoms with E-state index in [0.717, 1.165) is 6.07 Å². The Morgan fingerprint density at radius 3 is 2.56 bits per heavy atom. The maximum atomic E-state index is 12.1. The van der Waals surface area contributed by atoms with Gasteiger partial charge in [0, 0.05) is 5.92 Å². The molecule has 0 bridgehead atoms. The predicted molar refractivity (Wildman–Crippen MR) is 61.2 cm³/mol. The summed E-state index contributed by atoms with van der Waals surface area (Å²) in [5.41, 5.74) is 0.0140. The van der Waals surface area contributed by atoms with Crippen molar-refractivity contribution in [2.24, 2.45) is 5.92 Å². The number of ether oxygens (including phenoxy) is 1. The van der Waals surface area contributed by atoms with Gasteiger partial charge >= 0.3 is 6.36 Å². The summed E-state index contributed by atoms with van der Waals surface area (Å²) >= 11 is 0. The SMILES string of the molecule is CCC(C)C(=O)Nc1ccccc1OC(F)(F)F. The zero-order valence-corrected chi connectivity index (χ0v) is 10.0. The second kappa shape index (κ2) is 5.75. The number of halogens is 3. The minimum Gasteiger partial charge on any atom is -0.404 e. The number of hydrogen-bond acceptors (Lipinski definition) is 2. The van der Waals surface area contributed by atoms with Gasteiger partial charge in [0.05, 0.1) is 5.69 Å². The van der Waals surface area contributed by atoms with Crippen molar-refractivity contribution in [3.8, 4) is 5.75 Å². The standard InChI is InChI=1S/C12H14F3NO2/c1-3-8(2)11(17)16-9-6-4-5-7-10(9)18-12(13,14)15/h4-8H,3H2,1-2H3,(H,16,17). The molecule has 0 aromatic heterocycles. The van der Waals surface area contributed by atoms with E-state index in [9.17, 15) is 18.0 Å². The Balaban J connectivity index is 2.86. The van der Waals surface area contributed by atoms with Gasteiger partial charge in [0.1, 0.15) is 0 Å². The number of benzene rings is 1. The number of alkyl halides is 3. The molecule has 1 N–H and O–H groups in total. The molecule has 100 valence electrons. The highest BCUT2D eigenvalue weighted by atomic mass is 19.4. The van der Waals surface area contributed by atoms with Gasteiger partial charge in [-0.3, -0.25) is 4.79 Å². The Labute approximate surface area is 103 Å². The van der Waals surface area contributed by atoms with Crippen molar-refractivity contribution in [1.82, 2.24) is 0 Å². The maximum absolute atomic E-state index is 12.1. The largest absolute Gasteiger partial charge is 0.573 e. The van der Waals surface area contributed by atoms with Gasteiger partial charge in [-0.25, -0.2) is 0 Å². The number of carbonyl (C=O) groups excluding carboxylic acids is 1. The first-order valence-corrected chi connectivity index (χ1v) is 5.49. The molecule has 1 rings (SSSR count). The molecule has 1 aromatic carbocycles. The van der Waals surface area contributed by atoms with Crippen LogP contribution < -0.4 is 10.1 Å². The molecular formula is C12H14F3NO2. The normalized spacial score (nSPS) is 12.9. The molecule has 0 saturated heterocycles. The number of para-hydroxylation sites is 2. The summed E-state index contributed by atoms with van der Waals surface area (Å²) < 4.78 is 40.3. The lowest BCUT2D eigenvalue weighted by molar-refractivity contribution is -0.274. The molecule has 18 heavy (non-hydrogen) atoms. The maximum Gasteiger partial charge on any atom is 0.573 e. The first kappa shape index (κ1) is 14.3. The van der Waals surface area contributed by atoms with E-state index in [2.05, 4.69) is 10.1 Å². The second-order valence-corrected chi connectivity index (χ2v) is 3.84. The Kier molecular flexibility index (Phi) is 4.58. The summed E-state index contributed by atoms with van der Waals surface area (Å²) in [6.45, 7) is 3.52. The second-order valence-electron chi connectivity index (χ2n) is 3.84. The summed E-state index contributed by atoms with van der Waals surface area (Å²) in [6.07, 6.45) is -4.18. The molecule has 3 nitrogen and oxygen atoms in total. The first-order chi connectivity index (χ1) is 8.33. The molecule has 0 fully saturated rings. The van der Waals surface area contributed by atoms with Crippen LogP contribution in [0.4, 0.5) is 18.9 Å². The minimum atomic E-state index is -4.78. The number of anilines is 1. The molecule has 1 unspecified atom stereocenters. The number of amides is 1. The summed E-state index contributed by atoms with van der Waals surface area (Å²) in [5.74, 6) is -1.03. The smallest absolute Gasteiger partial charge is 0.404 e. The lowest BCUT2D eigenvalue weighted by Crippen LogP contribution is -2.22. The van der Waals surface area contributed by atoms with Gasteiger partial charge in [-0.1, -0.05) is 26.0 Å². The molecule has 6 heteroatoms. The highest BCUT2D eigenvalue weighted by Gasteiger charge is 2.32. The highest BCUT2D eigenvalue weighted by Crippen LogP contribution is 2.30. The van der Waals surface area contributed by atoms with Gasteiger partial charge in [0.25, 0.3) is 0 Å². The van der Waals surface area contributed by atoms with E-state index < -0.39 is 12.1 Å². The minimum absolute atomic E-state index is 0.0140. The number of carbonyl (C=O) groups is 1. The van der Waals surface area contributed by atoms with Crippen LogP contribution in [-0.4, -0.2) is 12.3 Å². The van der Waals surface area contributed by atoms with E-state index in [4.69, 9.17) is 0 Å². The zero-order chi connectivity index (χ0) is 13.8. The Bertz CT molecular complexity index is 418. The topological polar surface area (TPSA) is 38.3 Å². The van der Waals surface area contributed by atoms with E-state index in [0.29, 0.717) is 6.42 Å². The number of nitrogens with one attached hydrogen (secondary N) is 1. The fourth-order valence-corrected chi connectivity index (χ4v) is 1.22. The fourth-order valence-electron chi connectivity index (χ4n) is 1.22. The monoisotopic (exact) mass is 261 g/mol. The van der Waals surface area contributed by atoms with E-state index in [1.165, 1.54) is 18.2 Å². The van der Waals surface area contributed by atoms with Crippen LogP contribution in [0.1, 0.15) is 20.3 Å². The summed E-state index contributed by atoms with van der Waals surface area (Å²) in [5, 5.41) is 2.42. The molecular weight excluding hydrogens is 247 g/mol. The average Bonchev–Trinajstić information content (AvgIpc) is 2.28. The van der Waals surface area contributed by atoms with Crippen LogP contribution in [0.25, 0.3) is 0 Å². The van der Waals surface area contributed by atoms with Crippen LogP contribution in [0.15, 0.2) is 24.3 Å². The van der Waals surface area contributed by atoms with Crippen LogP contribution in [0, 0.1) is 5.92 Å². The predicted octanol–water partition coefficient (Wildman–Crippen LogP) is 3.57. The molecule has 0 spiro atoms.